The molecule has 2 unspecified atom stereocenters. The Morgan fingerprint density at radius 3 is 2.36 bits per heavy atom. The first kappa shape index (κ1) is 16.8. The first-order valence-corrected chi connectivity index (χ1v) is 8.38. The molecule has 22 heavy (non-hydrogen) atoms. The summed E-state index contributed by atoms with van der Waals surface area (Å²) in [6.45, 7) is 7.80. The Hall–Kier alpha value is -1.56. The van der Waals surface area contributed by atoms with Gasteiger partial charge in [0.25, 0.3) is 0 Å². The maximum Gasteiger partial charge on any atom is 0.219 e. The number of rotatable bonds is 5. The van der Waals surface area contributed by atoms with E-state index in [0.717, 1.165) is 11.3 Å². The van der Waals surface area contributed by atoms with Gasteiger partial charge < -0.3 is 9.29 Å². The fourth-order valence-electron chi connectivity index (χ4n) is 1.72. The molecule has 0 fully saturated rings. The first-order chi connectivity index (χ1) is 10.4. The van der Waals surface area contributed by atoms with Gasteiger partial charge in [-0.15, -0.1) is 4.72 Å². The van der Waals surface area contributed by atoms with Crippen molar-refractivity contribution in [1.82, 2.24) is 9.71 Å². The van der Waals surface area contributed by atoms with Gasteiger partial charge in [-0.1, -0.05) is 24.3 Å². The number of aromatic nitrogens is 1. The molecule has 2 atom stereocenters. The summed E-state index contributed by atoms with van der Waals surface area (Å²) in [5.41, 5.74) is 0.970. The zero-order chi connectivity index (χ0) is 16.2. The molecule has 0 aliphatic rings. The lowest BCUT2D eigenvalue weighted by Gasteiger charge is -2.26. The Labute approximate surface area is 135 Å². The van der Waals surface area contributed by atoms with Gasteiger partial charge in [0.05, 0.1) is 6.04 Å². The molecule has 2 aromatic rings. The Kier molecular flexibility index (Phi) is 5.45. The lowest BCUT2D eigenvalue weighted by molar-refractivity contribution is 0.462. The van der Waals surface area contributed by atoms with Crippen molar-refractivity contribution in [2.75, 3.05) is 0 Å². The number of hydrogen-bond acceptors (Lipinski definition) is 4. The third-order valence-electron chi connectivity index (χ3n) is 3.06. The van der Waals surface area contributed by atoms with Crippen LogP contribution in [-0.4, -0.2) is 14.3 Å². The quantitative estimate of drug-likeness (QED) is 0.847. The van der Waals surface area contributed by atoms with Gasteiger partial charge in [-0.3, -0.25) is 0 Å². The number of pyridine rings is 1. The first-order valence-electron chi connectivity index (χ1n) is 7.23. The molecule has 4 nitrogen and oxygen atoms in total. The summed E-state index contributed by atoms with van der Waals surface area (Å²) < 4.78 is 20.6. The van der Waals surface area contributed by atoms with Gasteiger partial charge in [-0.2, -0.15) is 0 Å². The highest BCUT2D eigenvalue weighted by Crippen LogP contribution is 2.22. The van der Waals surface area contributed by atoms with E-state index >= 15 is 0 Å². The standard InChI is InChI=1S/C17H22N2O2S/c1-13(19-22(20)17(2,3)4)14-10-11-16(18-12-14)21-15-8-6-5-7-9-15/h5-13,19H,1-4H3. The molecule has 0 amide bonds. The van der Waals surface area contributed by atoms with Crippen molar-refractivity contribution in [2.45, 2.75) is 38.5 Å². The van der Waals surface area contributed by atoms with Crippen molar-refractivity contribution < 1.29 is 9.29 Å². The van der Waals surface area contributed by atoms with E-state index in [2.05, 4.69) is 9.71 Å². The van der Waals surface area contributed by atoms with Crippen molar-refractivity contribution in [2.24, 2.45) is 0 Å². The summed E-state index contributed by atoms with van der Waals surface area (Å²) in [6, 6.07) is 13.2. The topological polar surface area (TPSA) is 57.2 Å². The average molecular weight is 318 g/mol. The van der Waals surface area contributed by atoms with Crippen LogP contribution in [0.25, 0.3) is 0 Å². The van der Waals surface area contributed by atoms with Crippen LogP contribution in [0.15, 0.2) is 48.7 Å². The summed E-state index contributed by atoms with van der Waals surface area (Å²) in [4.78, 5) is 4.30. The Balaban J connectivity index is 1.99. The van der Waals surface area contributed by atoms with E-state index in [9.17, 15) is 4.55 Å². The molecule has 118 valence electrons. The predicted octanol–water partition coefficient (Wildman–Crippen LogP) is 3.99. The molecule has 0 bridgehead atoms. The third kappa shape index (κ3) is 4.73. The van der Waals surface area contributed by atoms with Crippen molar-refractivity contribution in [3.8, 4) is 11.6 Å². The minimum absolute atomic E-state index is 0.0432. The van der Waals surface area contributed by atoms with Crippen LogP contribution in [0.2, 0.25) is 0 Å². The van der Waals surface area contributed by atoms with Crippen LogP contribution < -0.4 is 9.46 Å². The van der Waals surface area contributed by atoms with Crippen LogP contribution in [0.3, 0.4) is 0 Å². The zero-order valence-corrected chi connectivity index (χ0v) is 14.2. The van der Waals surface area contributed by atoms with Crippen LogP contribution in [0.4, 0.5) is 0 Å². The number of nitrogens with zero attached hydrogens (tertiary/aromatic N) is 1. The molecule has 2 rings (SSSR count). The summed E-state index contributed by atoms with van der Waals surface area (Å²) >= 11 is -1.11. The molecule has 1 aromatic carbocycles. The maximum absolute atomic E-state index is 12.1. The van der Waals surface area contributed by atoms with Crippen LogP contribution in [0.5, 0.6) is 11.6 Å². The second-order valence-electron chi connectivity index (χ2n) is 6.07. The van der Waals surface area contributed by atoms with Gasteiger partial charge in [0, 0.05) is 23.6 Å². The number of para-hydroxylation sites is 1. The van der Waals surface area contributed by atoms with Gasteiger partial charge in [-0.05, 0) is 45.4 Å². The van der Waals surface area contributed by atoms with E-state index in [1.165, 1.54) is 0 Å². The number of benzene rings is 1. The molecule has 1 aromatic heterocycles. The third-order valence-corrected chi connectivity index (χ3v) is 4.74. The molecule has 0 saturated heterocycles. The van der Waals surface area contributed by atoms with Crippen LogP contribution in [0.1, 0.15) is 39.3 Å². The van der Waals surface area contributed by atoms with Crippen molar-refractivity contribution in [1.29, 1.82) is 0 Å². The van der Waals surface area contributed by atoms with Gasteiger partial charge in [0.1, 0.15) is 10.5 Å². The van der Waals surface area contributed by atoms with Crippen LogP contribution in [-0.2, 0) is 11.4 Å². The monoisotopic (exact) mass is 318 g/mol. The minimum Gasteiger partial charge on any atom is -0.598 e. The van der Waals surface area contributed by atoms with Crippen molar-refractivity contribution in [3.05, 3.63) is 54.2 Å². The van der Waals surface area contributed by atoms with Gasteiger partial charge in [0.2, 0.25) is 5.88 Å². The molecule has 5 heteroatoms. The van der Waals surface area contributed by atoms with E-state index in [4.69, 9.17) is 4.74 Å². The number of nitrogens with one attached hydrogen (secondary N) is 1. The van der Waals surface area contributed by atoms with Crippen LogP contribution in [0, 0.1) is 0 Å². The molecule has 0 spiro atoms. The van der Waals surface area contributed by atoms with E-state index in [1.54, 1.807) is 6.20 Å². The van der Waals surface area contributed by atoms with Crippen molar-refractivity contribution >= 4 is 11.4 Å². The Morgan fingerprint density at radius 1 is 1.14 bits per heavy atom. The molecule has 1 N–H and O–H groups in total. The van der Waals surface area contributed by atoms with Crippen LogP contribution >= 0.6 is 0 Å². The highest BCUT2D eigenvalue weighted by Gasteiger charge is 2.28. The summed E-state index contributed by atoms with van der Waals surface area (Å²) in [5.74, 6) is 1.29. The smallest absolute Gasteiger partial charge is 0.219 e. The van der Waals surface area contributed by atoms with Gasteiger partial charge in [-0.25, -0.2) is 4.98 Å². The highest BCUT2D eigenvalue weighted by molar-refractivity contribution is 7.90. The highest BCUT2D eigenvalue weighted by atomic mass is 32.2. The fourth-order valence-corrected chi connectivity index (χ4v) is 2.53. The average Bonchev–Trinajstić information content (AvgIpc) is 2.48. The number of hydrogen-bond donors (Lipinski definition) is 1. The summed E-state index contributed by atoms with van der Waals surface area (Å²) in [6.07, 6.45) is 1.75. The molecular weight excluding hydrogens is 296 g/mol. The lowest BCUT2D eigenvalue weighted by Crippen LogP contribution is -2.40. The minimum atomic E-state index is -1.11. The molecule has 0 saturated carbocycles. The molecule has 0 aliphatic carbocycles. The molecule has 1 heterocycles. The SMILES string of the molecule is CC(N[S+]([O-])C(C)(C)C)c1ccc(Oc2ccccc2)nc1. The number of ether oxygens (including phenoxy) is 1. The zero-order valence-electron chi connectivity index (χ0n) is 13.4. The Morgan fingerprint density at radius 2 is 1.82 bits per heavy atom. The maximum atomic E-state index is 12.1. The van der Waals surface area contributed by atoms with Gasteiger partial charge >= 0.3 is 0 Å². The van der Waals surface area contributed by atoms with E-state index in [-0.39, 0.29) is 10.8 Å². The second kappa shape index (κ2) is 7.13. The fraction of sp³-hybridized carbons (Fsp3) is 0.353. The molecule has 0 aliphatic heterocycles. The summed E-state index contributed by atoms with van der Waals surface area (Å²) in [5, 5.41) is 0. The normalized spacial score (nSPS) is 14.4. The largest absolute Gasteiger partial charge is 0.598 e. The van der Waals surface area contributed by atoms with E-state index < -0.39 is 11.4 Å². The van der Waals surface area contributed by atoms with Crippen molar-refractivity contribution in [3.63, 3.8) is 0 Å². The molecule has 0 radical (unpaired) electrons. The Bertz CT molecular complexity index is 582. The van der Waals surface area contributed by atoms with E-state index in [1.807, 2.05) is 70.2 Å². The van der Waals surface area contributed by atoms with E-state index in [0.29, 0.717) is 5.88 Å². The summed E-state index contributed by atoms with van der Waals surface area (Å²) in [7, 11) is 0. The molecular formula is C17H22N2O2S. The van der Waals surface area contributed by atoms with Gasteiger partial charge in [0.15, 0.2) is 0 Å². The predicted molar refractivity (Wildman–Crippen MR) is 90.2 cm³/mol. The lowest BCUT2D eigenvalue weighted by atomic mass is 10.2. The second-order valence-corrected chi connectivity index (χ2v) is 8.06.